The first-order valence-corrected chi connectivity index (χ1v) is 10.1. The van der Waals surface area contributed by atoms with E-state index in [-0.39, 0.29) is 12.5 Å². The summed E-state index contributed by atoms with van der Waals surface area (Å²) < 4.78 is 0. The summed E-state index contributed by atoms with van der Waals surface area (Å²) in [7, 11) is 0. The van der Waals surface area contributed by atoms with Gasteiger partial charge in [0, 0.05) is 12.2 Å². The van der Waals surface area contributed by atoms with Gasteiger partial charge in [-0.1, -0.05) is 36.4 Å². The van der Waals surface area contributed by atoms with Crippen LogP contribution in [0.3, 0.4) is 0 Å². The van der Waals surface area contributed by atoms with Gasteiger partial charge in [0.2, 0.25) is 5.91 Å². The molecule has 0 aromatic heterocycles. The first-order valence-electron chi connectivity index (χ1n) is 10.1. The minimum Gasteiger partial charge on any atom is -0.319 e. The van der Waals surface area contributed by atoms with E-state index in [9.17, 15) is 14.4 Å². The second-order valence-electron chi connectivity index (χ2n) is 7.76. The lowest BCUT2D eigenvalue weighted by Crippen LogP contribution is -2.44. The number of anilines is 1. The lowest BCUT2D eigenvalue weighted by Gasteiger charge is -2.25. The molecule has 1 saturated heterocycles. The number of para-hydroxylation sites is 1. The van der Waals surface area contributed by atoms with Crippen LogP contribution in [0.15, 0.2) is 48.5 Å². The predicted molar refractivity (Wildman–Crippen MR) is 111 cm³/mol. The fraction of sp³-hybridized carbons (Fsp3) is 0.348. The third-order valence-corrected chi connectivity index (χ3v) is 5.93. The van der Waals surface area contributed by atoms with E-state index in [0.29, 0.717) is 6.54 Å². The first-order chi connectivity index (χ1) is 13.9. The second kappa shape index (κ2) is 7.35. The fourth-order valence-corrected chi connectivity index (χ4v) is 4.25. The number of hydrogen-bond donors (Lipinski definition) is 1. The molecule has 0 radical (unpaired) electrons. The van der Waals surface area contributed by atoms with Gasteiger partial charge in [0.1, 0.15) is 12.1 Å². The second-order valence-corrected chi connectivity index (χ2v) is 7.76. The zero-order chi connectivity index (χ0) is 20.6. The zero-order valence-corrected chi connectivity index (χ0v) is 16.8. The smallest absolute Gasteiger partial charge is 0.319 e. The number of fused-ring (bicyclic) bond motifs is 1. The minimum atomic E-state index is -1.15. The molecule has 1 heterocycles. The number of amides is 4. The van der Waals surface area contributed by atoms with Gasteiger partial charge in [0.05, 0.1) is 0 Å². The van der Waals surface area contributed by atoms with E-state index >= 15 is 0 Å². The van der Waals surface area contributed by atoms with Crippen molar-refractivity contribution >= 4 is 23.5 Å². The van der Waals surface area contributed by atoms with Crippen LogP contribution in [0, 0.1) is 0 Å². The van der Waals surface area contributed by atoms with Crippen LogP contribution in [-0.2, 0) is 28.0 Å². The number of carbonyl (C=O) groups is 3. The van der Waals surface area contributed by atoms with E-state index in [1.807, 2.05) is 55.5 Å². The fourth-order valence-electron chi connectivity index (χ4n) is 4.25. The number of nitrogens with one attached hydrogen (secondary N) is 1. The van der Waals surface area contributed by atoms with Crippen molar-refractivity contribution in [1.29, 1.82) is 0 Å². The zero-order valence-electron chi connectivity index (χ0n) is 16.8. The summed E-state index contributed by atoms with van der Waals surface area (Å²) in [6.45, 7) is 3.75. The third-order valence-electron chi connectivity index (χ3n) is 5.93. The Hall–Kier alpha value is -3.15. The van der Waals surface area contributed by atoms with Gasteiger partial charge >= 0.3 is 6.03 Å². The van der Waals surface area contributed by atoms with Crippen LogP contribution in [0.1, 0.15) is 37.0 Å². The third kappa shape index (κ3) is 3.28. The quantitative estimate of drug-likeness (QED) is 0.797. The summed E-state index contributed by atoms with van der Waals surface area (Å²) in [4.78, 5) is 41.3. The Kier molecular flexibility index (Phi) is 4.86. The monoisotopic (exact) mass is 391 g/mol. The summed E-state index contributed by atoms with van der Waals surface area (Å²) in [5, 5.41) is 2.81. The van der Waals surface area contributed by atoms with Gasteiger partial charge in [-0.3, -0.25) is 14.5 Å². The van der Waals surface area contributed by atoms with Gasteiger partial charge < -0.3 is 10.2 Å². The Bertz CT molecular complexity index is 973. The molecule has 2 aromatic rings. The number of hydrogen-bond acceptors (Lipinski definition) is 3. The van der Waals surface area contributed by atoms with Gasteiger partial charge in [0.15, 0.2) is 0 Å². The van der Waals surface area contributed by atoms with Gasteiger partial charge in [-0.15, -0.1) is 0 Å². The van der Waals surface area contributed by atoms with Crippen LogP contribution >= 0.6 is 0 Å². The molecule has 6 heteroatoms. The van der Waals surface area contributed by atoms with Crippen molar-refractivity contribution in [2.45, 2.75) is 38.6 Å². The maximum Gasteiger partial charge on any atom is 0.325 e. The number of imide groups is 1. The molecular formula is C23H25N3O3. The molecule has 4 rings (SSSR count). The average molecular weight is 391 g/mol. The van der Waals surface area contributed by atoms with E-state index in [1.54, 1.807) is 11.8 Å². The highest BCUT2D eigenvalue weighted by atomic mass is 16.2. The molecule has 1 atom stereocenters. The highest BCUT2D eigenvalue weighted by Gasteiger charge is 2.50. The molecule has 0 saturated carbocycles. The minimum absolute atomic E-state index is 0.284. The lowest BCUT2D eigenvalue weighted by molar-refractivity contribution is -0.134. The van der Waals surface area contributed by atoms with Crippen LogP contribution < -0.4 is 10.2 Å². The molecule has 0 spiro atoms. The maximum absolute atomic E-state index is 13.2. The SMILES string of the molecule is CCN(C(=O)CN1C(=O)NC(C)(c2ccc3c(c2)CCC3)C1=O)c1ccccc1. The van der Waals surface area contributed by atoms with E-state index < -0.39 is 17.5 Å². The highest BCUT2D eigenvalue weighted by Crippen LogP contribution is 2.32. The van der Waals surface area contributed by atoms with E-state index in [1.165, 1.54) is 11.1 Å². The number of aryl methyl sites for hydroxylation is 2. The van der Waals surface area contributed by atoms with Gasteiger partial charge in [-0.2, -0.15) is 0 Å². The molecule has 2 aliphatic rings. The Morgan fingerprint density at radius 2 is 1.83 bits per heavy atom. The molecule has 150 valence electrons. The number of likely N-dealkylation sites (N-methyl/N-ethyl adjacent to an activating group) is 1. The molecule has 1 N–H and O–H groups in total. The van der Waals surface area contributed by atoms with Crippen molar-refractivity contribution in [3.05, 3.63) is 65.2 Å². The standard InChI is InChI=1S/C23H25N3O3/c1-3-25(19-10-5-4-6-11-19)20(27)15-26-21(28)23(2,24-22(26)29)18-13-12-16-8-7-9-17(16)14-18/h4-6,10-14H,3,7-9,15H2,1-2H3,(H,24,29). The Morgan fingerprint density at radius 1 is 1.10 bits per heavy atom. The predicted octanol–water partition coefficient (Wildman–Crippen LogP) is 3.00. The molecule has 0 bridgehead atoms. The molecule has 4 amide bonds. The van der Waals surface area contributed by atoms with E-state index in [4.69, 9.17) is 0 Å². The van der Waals surface area contributed by atoms with E-state index in [2.05, 4.69) is 5.32 Å². The van der Waals surface area contributed by atoms with Crippen molar-refractivity contribution in [1.82, 2.24) is 10.2 Å². The number of benzene rings is 2. The van der Waals surface area contributed by atoms with Gasteiger partial charge in [0.25, 0.3) is 5.91 Å². The molecule has 1 unspecified atom stereocenters. The number of nitrogens with zero attached hydrogens (tertiary/aromatic N) is 2. The molecule has 29 heavy (non-hydrogen) atoms. The van der Waals surface area contributed by atoms with Crippen molar-refractivity contribution in [3.8, 4) is 0 Å². The van der Waals surface area contributed by atoms with Crippen molar-refractivity contribution < 1.29 is 14.4 Å². The van der Waals surface area contributed by atoms with Crippen LogP contribution in [0.5, 0.6) is 0 Å². The van der Waals surface area contributed by atoms with Crippen LogP contribution in [0.2, 0.25) is 0 Å². The summed E-state index contributed by atoms with van der Waals surface area (Å²) in [5.74, 6) is -0.682. The van der Waals surface area contributed by atoms with Crippen LogP contribution in [-0.4, -0.2) is 35.8 Å². The Labute approximate surface area is 170 Å². The molecule has 2 aromatic carbocycles. The average Bonchev–Trinajstić information content (AvgIpc) is 3.28. The summed E-state index contributed by atoms with van der Waals surface area (Å²) in [6.07, 6.45) is 3.16. The number of carbonyl (C=O) groups excluding carboxylic acids is 3. The molecule has 1 aliphatic heterocycles. The first kappa shape index (κ1) is 19.2. The number of rotatable bonds is 5. The molecule has 1 aliphatic carbocycles. The van der Waals surface area contributed by atoms with Crippen molar-refractivity contribution in [3.63, 3.8) is 0 Å². The topological polar surface area (TPSA) is 69.7 Å². The van der Waals surface area contributed by atoms with Crippen LogP contribution in [0.4, 0.5) is 10.5 Å². The summed E-state index contributed by atoms with van der Waals surface area (Å²) in [6, 6.07) is 14.7. The maximum atomic E-state index is 13.2. The van der Waals surface area contributed by atoms with Crippen molar-refractivity contribution in [2.24, 2.45) is 0 Å². The Morgan fingerprint density at radius 3 is 2.55 bits per heavy atom. The van der Waals surface area contributed by atoms with Crippen molar-refractivity contribution in [2.75, 3.05) is 18.0 Å². The number of urea groups is 1. The van der Waals surface area contributed by atoms with Crippen LogP contribution in [0.25, 0.3) is 0 Å². The normalized spacial score (nSPS) is 20.6. The largest absolute Gasteiger partial charge is 0.325 e. The summed E-state index contributed by atoms with van der Waals surface area (Å²) >= 11 is 0. The molecule has 1 fully saturated rings. The molecule has 6 nitrogen and oxygen atoms in total. The van der Waals surface area contributed by atoms with E-state index in [0.717, 1.165) is 35.4 Å². The highest BCUT2D eigenvalue weighted by molar-refractivity contribution is 6.10. The van der Waals surface area contributed by atoms with Gasteiger partial charge in [-0.25, -0.2) is 4.79 Å². The van der Waals surface area contributed by atoms with Gasteiger partial charge in [-0.05, 0) is 61.9 Å². The summed E-state index contributed by atoms with van der Waals surface area (Å²) in [5.41, 5.74) is 2.90. The lowest BCUT2D eigenvalue weighted by atomic mass is 9.89. The Balaban J connectivity index is 1.56. The molecular weight excluding hydrogens is 366 g/mol.